The summed E-state index contributed by atoms with van der Waals surface area (Å²) in [4.78, 5) is 38.9. The number of nitrogens with zero attached hydrogens (tertiary/aromatic N) is 1. The van der Waals surface area contributed by atoms with Crippen LogP contribution >= 0.6 is 19.0 Å². The van der Waals surface area contributed by atoms with Crippen molar-refractivity contribution >= 4 is 52.5 Å². The first-order valence-electron chi connectivity index (χ1n) is 14.4. The molecule has 0 spiro atoms. The molecule has 0 saturated carbocycles. The zero-order valence-electron chi connectivity index (χ0n) is 26.1. The monoisotopic (exact) mass is 724 g/mol. The number of para-hydroxylation sites is 1. The number of ketones is 1. The van der Waals surface area contributed by atoms with Crippen molar-refractivity contribution in [1.82, 2.24) is 5.32 Å². The van der Waals surface area contributed by atoms with Crippen LogP contribution in [-0.4, -0.2) is 52.2 Å². The van der Waals surface area contributed by atoms with Gasteiger partial charge < -0.3 is 24.6 Å². The standard InChI is InChI=1S/C33H30ClN4O9PS/c1-21-15-25(49(36,43)44)11-12-28(21)38-31(39)20-45-29-18-30(27(34)17-26(29)32(40)23-8-6-7-22(16-23)19-35)46-33(41)37-13-14-48(2,42)47-24-9-4-3-5-10-24/h3-12,15-18H,13-14,20H2,1-2H3,(H,37,41)(H,38,39)(H2,36,43,44). The van der Waals surface area contributed by atoms with Gasteiger partial charge in [-0.3, -0.25) is 14.2 Å². The number of nitriles is 1. The van der Waals surface area contributed by atoms with Crippen molar-refractivity contribution in [1.29, 1.82) is 5.26 Å². The number of ether oxygens (including phenoxy) is 2. The molecule has 0 aromatic heterocycles. The van der Waals surface area contributed by atoms with E-state index < -0.39 is 41.8 Å². The average molecular weight is 725 g/mol. The van der Waals surface area contributed by atoms with E-state index in [0.717, 1.165) is 6.07 Å². The minimum Gasteiger partial charge on any atom is -0.483 e. The highest BCUT2D eigenvalue weighted by Gasteiger charge is 2.23. The van der Waals surface area contributed by atoms with Crippen LogP contribution in [0.3, 0.4) is 0 Å². The van der Waals surface area contributed by atoms with E-state index in [1.54, 1.807) is 37.3 Å². The Hall–Kier alpha value is -5.19. The highest BCUT2D eigenvalue weighted by Crippen LogP contribution is 2.42. The van der Waals surface area contributed by atoms with Crippen molar-refractivity contribution in [3.05, 3.63) is 112 Å². The SMILES string of the molecule is Cc1cc(S(N)(=O)=O)ccc1NC(=O)COc1cc(OC(=O)NCCP(C)(=O)Oc2ccccc2)c(Cl)cc1C(=O)c1cccc(C#N)c1. The number of sulfonamides is 1. The van der Waals surface area contributed by atoms with E-state index in [0.29, 0.717) is 11.3 Å². The van der Waals surface area contributed by atoms with E-state index >= 15 is 0 Å². The van der Waals surface area contributed by atoms with Crippen LogP contribution in [-0.2, 0) is 19.4 Å². The number of anilines is 1. The predicted octanol–water partition coefficient (Wildman–Crippen LogP) is 5.49. The molecule has 0 saturated heterocycles. The van der Waals surface area contributed by atoms with Crippen molar-refractivity contribution in [2.75, 3.05) is 31.3 Å². The van der Waals surface area contributed by atoms with Gasteiger partial charge in [0, 0.05) is 30.5 Å². The lowest BCUT2D eigenvalue weighted by atomic mass is 10.0. The second-order valence-corrected chi connectivity index (χ2v) is 15.2. The third-order valence-corrected chi connectivity index (χ3v) is 9.56. The minimum atomic E-state index is -3.95. The third kappa shape index (κ3) is 10.4. The maximum absolute atomic E-state index is 13.5. The molecule has 4 N–H and O–H groups in total. The Morgan fingerprint density at radius 3 is 2.39 bits per heavy atom. The van der Waals surface area contributed by atoms with Crippen molar-refractivity contribution in [3.8, 4) is 23.3 Å². The molecule has 1 unspecified atom stereocenters. The Bertz CT molecular complexity index is 2110. The Morgan fingerprint density at radius 2 is 1.71 bits per heavy atom. The molecular formula is C33H30ClN4O9PS. The fourth-order valence-electron chi connectivity index (χ4n) is 4.33. The van der Waals surface area contributed by atoms with E-state index in [1.165, 1.54) is 55.2 Å². The summed E-state index contributed by atoms with van der Waals surface area (Å²) in [6.07, 6.45) is -0.960. The van der Waals surface area contributed by atoms with Gasteiger partial charge in [-0.1, -0.05) is 41.9 Å². The number of amides is 2. The number of hydrogen-bond acceptors (Lipinski definition) is 10. The number of rotatable bonds is 13. The van der Waals surface area contributed by atoms with Crippen LogP contribution in [0.4, 0.5) is 10.5 Å². The topological polar surface area (TPSA) is 204 Å². The van der Waals surface area contributed by atoms with Crippen molar-refractivity contribution in [2.45, 2.75) is 11.8 Å². The van der Waals surface area contributed by atoms with Gasteiger partial charge in [0.15, 0.2) is 18.1 Å². The number of benzene rings is 4. The summed E-state index contributed by atoms with van der Waals surface area (Å²) in [6, 6.07) is 22.7. The number of carbonyl (C=O) groups is 3. The van der Waals surface area contributed by atoms with Crippen LogP contribution in [0.25, 0.3) is 0 Å². The van der Waals surface area contributed by atoms with Gasteiger partial charge in [-0.2, -0.15) is 5.26 Å². The first kappa shape index (κ1) is 36.6. The molecular weight excluding hydrogens is 695 g/mol. The zero-order valence-corrected chi connectivity index (χ0v) is 28.6. The Kier molecular flexibility index (Phi) is 11.8. The van der Waals surface area contributed by atoms with Gasteiger partial charge in [0.25, 0.3) is 5.91 Å². The number of primary sulfonamides is 1. The van der Waals surface area contributed by atoms with Gasteiger partial charge in [-0.05, 0) is 61.0 Å². The second kappa shape index (κ2) is 15.8. The molecule has 0 aliphatic rings. The molecule has 13 nitrogen and oxygen atoms in total. The first-order chi connectivity index (χ1) is 23.1. The number of nitrogens with two attached hydrogens (primary N) is 1. The molecule has 0 fully saturated rings. The lowest BCUT2D eigenvalue weighted by molar-refractivity contribution is -0.118. The van der Waals surface area contributed by atoms with Gasteiger partial charge in [0.1, 0.15) is 11.5 Å². The number of carbonyl (C=O) groups excluding carboxylic acids is 3. The third-order valence-electron chi connectivity index (χ3n) is 6.72. The van der Waals surface area contributed by atoms with Crippen LogP contribution in [0.15, 0.2) is 89.8 Å². The largest absolute Gasteiger partial charge is 0.483 e. The van der Waals surface area contributed by atoms with Crippen LogP contribution in [0.2, 0.25) is 5.02 Å². The summed E-state index contributed by atoms with van der Waals surface area (Å²) >= 11 is 6.40. The van der Waals surface area contributed by atoms with Crippen LogP contribution in [0, 0.1) is 18.3 Å². The van der Waals surface area contributed by atoms with Crippen molar-refractivity contribution in [2.24, 2.45) is 5.14 Å². The Balaban J connectivity index is 1.51. The van der Waals surface area contributed by atoms with Crippen LogP contribution in [0.5, 0.6) is 17.2 Å². The van der Waals surface area contributed by atoms with Gasteiger partial charge in [-0.25, -0.2) is 18.4 Å². The van der Waals surface area contributed by atoms with Gasteiger partial charge in [0.05, 0.1) is 33.3 Å². The normalized spacial score (nSPS) is 12.1. The number of aryl methyl sites for hydroxylation is 1. The maximum Gasteiger partial charge on any atom is 0.412 e. The summed E-state index contributed by atoms with van der Waals surface area (Å²) in [7, 11) is -7.08. The summed E-state index contributed by atoms with van der Waals surface area (Å²) in [5.41, 5.74) is 0.952. The van der Waals surface area contributed by atoms with E-state index in [9.17, 15) is 32.6 Å². The average Bonchev–Trinajstić information content (AvgIpc) is 3.05. The van der Waals surface area contributed by atoms with E-state index in [1.807, 2.05) is 6.07 Å². The molecule has 2 amide bonds. The molecule has 0 bridgehead atoms. The van der Waals surface area contributed by atoms with E-state index in [2.05, 4.69) is 10.6 Å². The quantitative estimate of drug-likeness (QED) is 0.117. The smallest absolute Gasteiger partial charge is 0.412 e. The highest BCUT2D eigenvalue weighted by molar-refractivity contribution is 7.89. The predicted molar refractivity (Wildman–Crippen MR) is 182 cm³/mol. The van der Waals surface area contributed by atoms with Gasteiger partial charge in [-0.15, -0.1) is 0 Å². The fourth-order valence-corrected chi connectivity index (χ4v) is 6.30. The maximum atomic E-state index is 13.5. The molecule has 0 aliphatic heterocycles. The number of halogens is 1. The fraction of sp³-hybridized carbons (Fsp3) is 0.152. The second-order valence-electron chi connectivity index (χ2n) is 10.6. The van der Waals surface area contributed by atoms with Crippen LogP contribution < -0.4 is 29.8 Å². The van der Waals surface area contributed by atoms with E-state index in [-0.39, 0.29) is 56.5 Å². The molecule has 4 rings (SSSR count). The lowest BCUT2D eigenvalue weighted by Gasteiger charge is -2.16. The van der Waals surface area contributed by atoms with Gasteiger partial charge >= 0.3 is 6.09 Å². The molecule has 49 heavy (non-hydrogen) atoms. The zero-order chi connectivity index (χ0) is 35.8. The Labute approximate surface area is 287 Å². The summed E-state index contributed by atoms with van der Waals surface area (Å²) in [5.74, 6) is -1.24. The number of hydrogen-bond donors (Lipinski definition) is 3. The van der Waals surface area contributed by atoms with E-state index in [4.69, 9.17) is 30.7 Å². The lowest BCUT2D eigenvalue weighted by Crippen LogP contribution is -2.30. The minimum absolute atomic E-state index is 0.00631. The molecule has 0 radical (unpaired) electrons. The molecule has 4 aromatic carbocycles. The molecule has 254 valence electrons. The molecule has 16 heteroatoms. The summed E-state index contributed by atoms with van der Waals surface area (Å²) < 4.78 is 52.7. The van der Waals surface area contributed by atoms with Crippen LogP contribution in [0.1, 0.15) is 27.0 Å². The Morgan fingerprint density at radius 1 is 0.980 bits per heavy atom. The summed E-state index contributed by atoms with van der Waals surface area (Å²) in [5, 5.41) is 19.4. The summed E-state index contributed by atoms with van der Waals surface area (Å²) in [6.45, 7) is 2.31. The van der Waals surface area contributed by atoms with Crippen molar-refractivity contribution < 1.29 is 41.4 Å². The van der Waals surface area contributed by atoms with Gasteiger partial charge in [0.2, 0.25) is 17.4 Å². The van der Waals surface area contributed by atoms with Crippen molar-refractivity contribution in [3.63, 3.8) is 0 Å². The molecule has 0 aliphatic carbocycles. The molecule has 0 heterocycles. The first-order valence-corrected chi connectivity index (χ1v) is 18.5. The molecule has 1 atom stereocenters. The molecule has 4 aromatic rings. The highest BCUT2D eigenvalue weighted by atomic mass is 35.5. The number of nitrogens with one attached hydrogen (secondary N) is 2.